The Labute approximate surface area is 146 Å². The Kier molecular flexibility index (Phi) is 5.18. The molecule has 0 bridgehead atoms. The van der Waals surface area contributed by atoms with Crippen LogP contribution in [0.4, 0.5) is 0 Å². The van der Waals surface area contributed by atoms with Gasteiger partial charge in [-0.25, -0.2) is 0 Å². The Morgan fingerprint density at radius 1 is 1.29 bits per heavy atom. The van der Waals surface area contributed by atoms with Crippen molar-refractivity contribution in [2.24, 2.45) is 0 Å². The molecule has 2 aliphatic heterocycles. The Bertz CT molecular complexity index is 592. The molecule has 0 aromatic heterocycles. The Morgan fingerprint density at radius 3 is 2.67 bits per heavy atom. The van der Waals surface area contributed by atoms with Gasteiger partial charge in [0.05, 0.1) is 0 Å². The fourth-order valence-electron chi connectivity index (χ4n) is 3.41. The first-order valence-electron chi connectivity index (χ1n) is 7.97. The maximum Gasteiger partial charge on any atom is 0.186 e. The van der Waals surface area contributed by atoms with E-state index in [9.17, 15) is 10.2 Å². The van der Waals surface area contributed by atoms with E-state index in [4.69, 9.17) is 30.5 Å². The summed E-state index contributed by atoms with van der Waals surface area (Å²) in [5.74, 6) is -0.762. The van der Waals surface area contributed by atoms with Crippen LogP contribution in [0.1, 0.15) is 31.1 Å². The van der Waals surface area contributed by atoms with Gasteiger partial charge in [0.2, 0.25) is 0 Å². The number of rotatable bonds is 5. The van der Waals surface area contributed by atoms with Crippen LogP contribution < -0.4 is 0 Å². The lowest BCUT2D eigenvalue weighted by molar-refractivity contribution is -0.237. The second kappa shape index (κ2) is 6.88. The van der Waals surface area contributed by atoms with E-state index in [1.54, 1.807) is 18.2 Å². The van der Waals surface area contributed by atoms with Gasteiger partial charge < -0.3 is 29.2 Å². The third-order valence-corrected chi connectivity index (χ3v) is 4.63. The van der Waals surface area contributed by atoms with E-state index in [1.807, 2.05) is 13.8 Å². The number of ether oxygens (including phenoxy) is 4. The van der Waals surface area contributed by atoms with Crippen molar-refractivity contribution in [1.82, 2.24) is 0 Å². The smallest absolute Gasteiger partial charge is 0.186 e. The first-order valence-corrected chi connectivity index (χ1v) is 8.35. The van der Waals surface area contributed by atoms with Crippen LogP contribution >= 0.6 is 11.6 Å². The van der Waals surface area contributed by atoms with Crippen molar-refractivity contribution < 1.29 is 29.2 Å². The highest BCUT2D eigenvalue weighted by molar-refractivity contribution is 6.30. The maximum atomic E-state index is 10.9. The van der Waals surface area contributed by atoms with Crippen molar-refractivity contribution in [2.75, 3.05) is 13.7 Å². The SMILES string of the molecule is CO[C@@H]1O[C@H]([C@H](O)c2ccc(Cl)cc2CCO)[C@H]2OC(C)(C)O[C@@H]12. The topological polar surface area (TPSA) is 77.4 Å². The van der Waals surface area contributed by atoms with Crippen molar-refractivity contribution in [3.63, 3.8) is 0 Å². The highest BCUT2D eigenvalue weighted by Crippen LogP contribution is 2.43. The molecule has 2 aliphatic rings. The van der Waals surface area contributed by atoms with E-state index in [-0.39, 0.29) is 6.61 Å². The van der Waals surface area contributed by atoms with Gasteiger partial charge in [0, 0.05) is 18.7 Å². The molecule has 0 amide bonds. The summed E-state index contributed by atoms with van der Waals surface area (Å²) < 4.78 is 22.9. The van der Waals surface area contributed by atoms with Crippen LogP contribution in [0, 0.1) is 0 Å². The van der Waals surface area contributed by atoms with Gasteiger partial charge in [-0.15, -0.1) is 0 Å². The minimum absolute atomic E-state index is 0.0367. The van der Waals surface area contributed by atoms with Crippen molar-refractivity contribution in [3.05, 3.63) is 34.3 Å². The minimum atomic E-state index is -0.950. The number of fused-ring (bicyclic) bond motifs is 1. The second-order valence-electron chi connectivity index (χ2n) is 6.53. The molecule has 2 fully saturated rings. The maximum absolute atomic E-state index is 10.9. The van der Waals surface area contributed by atoms with E-state index < -0.39 is 36.5 Å². The third kappa shape index (κ3) is 3.32. The third-order valence-electron chi connectivity index (χ3n) is 4.40. The molecule has 0 unspecified atom stereocenters. The van der Waals surface area contributed by atoms with Gasteiger partial charge in [-0.1, -0.05) is 17.7 Å². The molecule has 0 aliphatic carbocycles. The molecule has 3 rings (SSSR count). The second-order valence-corrected chi connectivity index (χ2v) is 6.97. The minimum Gasteiger partial charge on any atom is -0.396 e. The van der Waals surface area contributed by atoms with Crippen molar-refractivity contribution in [2.45, 2.75) is 56.8 Å². The number of benzene rings is 1. The predicted molar refractivity (Wildman–Crippen MR) is 86.7 cm³/mol. The average molecular weight is 359 g/mol. The predicted octanol–water partition coefficient (Wildman–Crippen LogP) is 1.80. The first kappa shape index (κ1) is 18.1. The van der Waals surface area contributed by atoms with Crippen molar-refractivity contribution in [1.29, 1.82) is 0 Å². The van der Waals surface area contributed by atoms with Gasteiger partial charge in [-0.2, -0.15) is 0 Å². The fourth-order valence-corrected chi connectivity index (χ4v) is 3.61. The zero-order chi connectivity index (χ0) is 17.5. The largest absolute Gasteiger partial charge is 0.396 e. The monoisotopic (exact) mass is 358 g/mol. The molecule has 24 heavy (non-hydrogen) atoms. The van der Waals surface area contributed by atoms with E-state index in [0.717, 1.165) is 5.56 Å². The van der Waals surface area contributed by atoms with Gasteiger partial charge in [-0.05, 0) is 43.5 Å². The summed E-state index contributed by atoms with van der Waals surface area (Å²) in [7, 11) is 1.53. The average Bonchev–Trinajstić information content (AvgIpc) is 3.00. The quantitative estimate of drug-likeness (QED) is 0.835. The first-order chi connectivity index (χ1) is 11.4. The lowest BCUT2D eigenvalue weighted by atomic mass is 9.94. The molecule has 5 atom stereocenters. The van der Waals surface area contributed by atoms with Gasteiger partial charge in [0.25, 0.3) is 0 Å². The molecular weight excluding hydrogens is 336 g/mol. The van der Waals surface area contributed by atoms with Crippen LogP contribution in [0.5, 0.6) is 0 Å². The highest BCUT2D eigenvalue weighted by atomic mass is 35.5. The number of hydrogen-bond acceptors (Lipinski definition) is 6. The zero-order valence-corrected chi connectivity index (χ0v) is 14.7. The number of aliphatic hydroxyl groups excluding tert-OH is 2. The van der Waals surface area contributed by atoms with Crippen LogP contribution in [0.2, 0.25) is 5.02 Å². The summed E-state index contributed by atoms with van der Waals surface area (Å²) in [6.07, 6.45) is -2.65. The van der Waals surface area contributed by atoms with Gasteiger partial charge in [0.1, 0.15) is 24.4 Å². The normalized spacial score (nSPS) is 32.8. The van der Waals surface area contributed by atoms with Crippen LogP contribution in [0.3, 0.4) is 0 Å². The van der Waals surface area contributed by atoms with Gasteiger partial charge in [0.15, 0.2) is 12.1 Å². The molecule has 6 nitrogen and oxygen atoms in total. The summed E-state index contributed by atoms with van der Waals surface area (Å²) in [6.45, 7) is 3.60. The lowest BCUT2D eigenvalue weighted by Gasteiger charge is -2.27. The number of methoxy groups -OCH3 is 1. The van der Waals surface area contributed by atoms with E-state index >= 15 is 0 Å². The molecule has 2 N–H and O–H groups in total. The van der Waals surface area contributed by atoms with E-state index in [1.165, 1.54) is 7.11 Å². The van der Waals surface area contributed by atoms with Crippen LogP contribution in [-0.4, -0.2) is 54.3 Å². The molecule has 0 radical (unpaired) electrons. The van der Waals surface area contributed by atoms with E-state index in [2.05, 4.69) is 0 Å². The number of halogens is 1. The Morgan fingerprint density at radius 2 is 2.00 bits per heavy atom. The Hall–Kier alpha value is -0.730. The van der Waals surface area contributed by atoms with Crippen LogP contribution in [0.25, 0.3) is 0 Å². The Balaban J connectivity index is 1.88. The summed E-state index contributed by atoms with van der Waals surface area (Å²) in [5, 5.41) is 20.7. The molecular formula is C17H23ClO6. The molecule has 2 heterocycles. The fraction of sp³-hybridized carbons (Fsp3) is 0.647. The lowest BCUT2D eigenvalue weighted by Crippen LogP contribution is -2.34. The molecule has 2 saturated heterocycles. The molecule has 0 spiro atoms. The van der Waals surface area contributed by atoms with Crippen LogP contribution in [0.15, 0.2) is 18.2 Å². The summed E-state index contributed by atoms with van der Waals surface area (Å²) in [6, 6.07) is 5.20. The van der Waals surface area contributed by atoms with Crippen LogP contribution in [-0.2, 0) is 25.4 Å². The zero-order valence-electron chi connectivity index (χ0n) is 13.9. The highest BCUT2D eigenvalue weighted by Gasteiger charge is 2.57. The molecule has 1 aromatic carbocycles. The molecule has 7 heteroatoms. The summed E-state index contributed by atoms with van der Waals surface area (Å²) in [4.78, 5) is 0. The van der Waals surface area contributed by atoms with Crippen molar-refractivity contribution in [3.8, 4) is 0 Å². The van der Waals surface area contributed by atoms with Crippen molar-refractivity contribution >= 4 is 11.6 Å². The number of aliphatic hydroxyl groups is 2. The summed E-state index contributed by atoms with van der Waals surface area (Å²) >= 11 is 6.03. The standard InChI is InChI=1S/C17H23ClO6/c1-17(2)23-14-13(22-16(21-3)15(14)24-17)12(20)11-5-4-10(18)8-9(11)6-7-19/h4-5,8,12-16,19-20H,6-7H2,1-3H3/t12-,13-,14-,15-,16-/m1/s1. The molecule has 134 valence electrons. The van der Waals surface area contributed by atoms with E-state index in [0.29, 0.717) is 17.0 Å². The molecule has 0 saturated carbocycles. The van der Waals surface area contributed by atoms with Gasteiger partial charge in [-0.3, -0.25) is 0 Å². The summed E-state index contributed by atoms with van der Waals surface area (Å²) in [5.41, 5.74) is 1.43. The number of hydrogen-bond donors (Lipinski definition) is 2. The van der Waals surface area contributed by atoms with Gasteiger partial charge >= 0.3 is 0 Å². The molecule has 1 aromatic rings.